The molecular formula is C9H10N2O4. The van der Waals surface area contributed by atoms with Crippen molar-refractivity contribution in [3.8, 4) is 0 Å². The molecule has 4 N–H and O–H groups in total. The second-order valence-electron chi connectivity index (χ2n) is 3.00. The van der Waals surface area contributed by atoms with E-state index in [4.69, 9.17) is 15.9 Å². The van der Waals surface area contributed by atoms with Crippen molar-refractivity contribution in [3.05, 3.63) is 30.1 Å². The average molecular weight is 210 g/mol. The highest BCUT2D eigenvalue weighted by Gasteiger charge is 2.42. The Balaban J connectivity index is 3.08. The van der Waals surface area contributed by atoms with Crippen LogP contribution in [0.2, 0.25) is 0 Å². The number of carboxylic acid groups (broad SMARTS) is 1. The zero-order chi connectivity index (χ0) is 11.5. The largest absolute Gasteiger partial charge is 0.479 e. The summed E-state index contributed by atoms with van der Waals surface area (Å²) < 4.78 is 0. The first-order valence-corrected chi connectivity index (χ1v) is 4.10. The van der Waals surface area contributed by atoms with E-state index in [-0.39, 0.29) is 5.56 Å². The Labute approximate surface area is 85.4 Å². The summed E-state index contributed by atoms with van der Waals surface area (Å²) in [6.45, 7) is -0.955. The second-order valence-corrected chi connectivity index (χ2v) is 3.00. The van der Waals surface area contributed by atoms with Gasteiger partial charge in [-0.15, -0.1) is 0 Å². The van der Waals surface area contributed by atoms with Crippen molar-refractivity contribution >= 4 is 11.8 Å². The van der Waals surface area contributed by atoms with Gasteiger partial charge in [-0.1, -0.05) is 0 Å². The van der Waals surface area contributed by atoms with Crippen LogP contribution in [0.3, 0.4) is 0 Å². The minimum Gasteiger partial charge on any atom is -0.479 e. The summed E-state index contributed by atoms with van der Waals surface area (Å²) in [5, 5.41) is 17.6. The third-order valence-electron chi connectivity index (χ3n) is 1.98. The number of Topliss-reactive ketones (excluding diaryl/α,β-unsaturated/α-hetero) is 1. The Morgan fingerprint density at radius 3 is 2.33 bits per heavy atom. The Kier molecular flexibility index (Phi) is 3.13. The summed E-state index contributed by atoms with van der Waals surface area (Å²) in [6.07, 6.45) is 2.68. The van der Waals surface area contributed by atoms with E-state index in [1.807, 2.05) is 0 Å². The number of aliphatic hydroxyl groups is 1. The normalized spacial score (nSPS) is 14.3. The number of hydrogen-bond acceptors (Lipinski definition) is 5. The molecule has 1 rings (SSSR count). The zero-order valence-corrected chi connectivity index (χ0v) is 7.75. The molecule has 0 bridgehead atoms. The van der Waals surface area contributed by atoms with Crippen molar-refractivity contribution < 1.29 is 19.8 Å². The lowest BCUT2D eigenvalue weighted by atomic mass is 9.92. The fourth-order valence-electron chi connectivity index (χ4n) is 0.997. The van der Waals surface area contributed by atoms with Crippen molar-refractivity contribution in [2.45, 2.75) is 5.54 Å². The van der Waals surface area contributed by atoms with Gasteiger partial charge >= 0.3 is 5.97 Å². The Bertz CT molecular complexity index is 379. The molecule has 15 heavy (non-hydrogen) atoms. The molecule has 1 aromatic rings. The number of carbonyl (C=O) groups is 2. The van der Waals surface area contributed by atoms with Crippen molar-refractivity contribution in [2.75, 3.05) is 6.61 Å². The van der Waals surface area contributed by atoms with E-state index in [1.54, 1.807) is 0 Å². The number of rotatable bonds is 4. The predicted octanol–water partition coefficient (Wildman–Crippen LogP) is -0.961. The maximum atomic E-state index is 11.6. The molecule has 0 spiro atoms. The molecule has 0 saturated carbocycles. The van der Waals surface area contributed by atoms with Crippen molar-refractivity contribution in [1.29, 1.82) is 0 Å². The van der Waals surface area contributed by atoms with Gasteiger partial charge in [-0.25, -0.2) is 4.79 Å². The fraction of sp³-hybridized carbons (Fsp3) is 0.222. The molecule has 0 aliphatic carbocycles. The van der Waals surface area contributed by atoms with Gasteiger partial charge in [0.2, 0.25) is 5.54 Å². The molecule has 1 heterocycles. The van der Waals surface area contributed by atoms with Crippen LogP contribution in [-0.2, 0) is 4.79 Å². The number of hydrogen-bond donors (Lipinski definition) is 3. The molecule has 0 aromatic carbocycles. The number of nitrogens with zero attached hydrogens (tertiary/aromatic N) is 1. The second kappa shape index (κ2) is 4.16. The van der Waals surface area contributed by atoms with Crippen LogP contribution in [0.5, 0.6) is 0 Å². The first-order valence-electron chi connectivity index (χ1n) is 4.10. The number of aliphatic hydroxyl groups excluding tert-OH is 1. The highest BCUT2D eigenvalue weighted by molar-refractivity contribution is 6.15. The van der Waals surface area contributed by atoms with Crippen LogP contribution in [0.15, 0.2) is 24.5 Å². The van der Waals surface area contributed by atoms with E-state index < -0.39 is 23.9 Å². The van der Waals surface area contributed by atoms with Crippen molar-refractivity contribution in [3.63, 3.8) is 0 Å². The molecule has 0 saturated heterocycles. The molecule has 1 aromatic heterocycles. The van der Waals surface area contributed by atoms with Crippen LogP contribution in [0.1, 0.15) is 10.4 Å². The quantitative estimate of drug-likeness (QED) is 0.435. The van der Waals surface area contributed by atoms with E-state index in [0.717, 1.165) is 0 Å². The molecule has 1 atom stereocenters. The number of ketones is 1. The minimum absolute atomic E-state index is 0.101. The molecule has 0 aliphatic rings. The molecular weight excluding hydrogens is 200 g/mol. The standard InChI is InChI=1S/C9H10N2O4/c10-9(5-12,8(14)15)7(13)6-1-3-11-4-2-6/h1-4,12H,5,10H2,(H,14,15)/t9-/m1/s1. The van der Waals surface area contributed by atoms with E-state index in [9.17, 15) is 9.59 Å². The number of pyridine rings is 1. The van der Waals surface area contributed by atoms with Gasteiger partial charge in [0, 0.05) is 18.0 Å². The molecule has 6 heteroatoms. The topological polar surface area (TPSA) is 114 Å². The number of carboxylic acids is 1. The smallest absolute Gasteiger partial charge is 0.334 e. The van der Waals surface area contributed by atoms with Crippen molar-refractivity contribution in [2.24, 2.45) is 5.73 Å². The number of aromatic nitrogens is 1. The lowest BCUT2D eigenvalue weighted by molar-refractivity contribution is -0.142. The predicted molar refractivity (Wildman–Crippen MR) is 50.2 cm³/mol. The van der Waals surface area contributed by atoms with E-state index >= 15 is 0 Å². The summed E-state index contributed by atoms with van der Waals surface area (Å²) in [6, 6.07) is 2.67. The zero-order valence-electron chi connectivity index (χ0n) is 7.75. The number of nitrogens with two attached hydrogens (primary N) is 1. The molecule has 0 aliphatic heterocycles. The first-order chi connectivity index (χ1) is 7.02. The van der Waals surface area contributed by atoms with Gasteiger partial charge in [-0.3, -0.25) is 9.78 Å². The van der Waals surface area contributed by atoms with Crippen LogP contribution in [-0.4, -0.2) is 39.1 Å². The van der Waals surface area contributed by atoms with Crippen molar-refractivity contribution in [1.82, 2.24) is 4.98 Å². The highest BCUT2D eigenvalue weighted by Crippen LogP contribution is 2.10. The average Bonchev–Trinajstić information content (AvgIpc) is 2.28. The molecule has 80 valence electrons. The van der Waals surface area contributed by atoms with Gasteiger partial charge in [0.25, 0.3) is 0 Å². The van der Waals surface area contributed by atoms with Crippen LogP contribution in [0.4, 0.5) is 0 Å². The molecule has 0 radical (unpaired) electrons. The highest BCUT2D eigenvalue weighted by atomic mass is 16.4. The summed E-state index contributed by atoms with van der Waals surface area (Å²) in [5.41, 5.74) is 3.11. The summed E-state index contributed by atoms with van der Waals surface area (Å²) >= 11 is 0. The maximum Gasteiger partial charge on any atom is 0.334 e. The third kappa shape index (κ3) is 2.00. The van der Waals surface area contributed by atoms with E-state index in [1.165, 1.54) is 24.5 Å². The monoisotopic (exact) mass is 210 g/mol. The Hall–Kier alpha value is -1.79. The van der Waals surface area contributed by atoms with Gasteiger partial charge in [0.05, 0.1) is 6.61 Å². The molecule has 0 fully saturated rings. The van der Waals surface area contributed by atoms with Gasteiger partial charge in [0.1, 0.15) is 0 Å². The van der Waals surface area contributed by atoms with Crippen LogP contribution < -0.4 is 5.73 Å². The third-order valence-corrected chi connectivity index (χ3v) is 1.98. The van der Waals surface area contributed by atoms with Gasteiger partial charge in [-0.05, 0) is 12.1 Å². The number of aliphatic carboxylic acids is 1. The van der Waals surface area contributed by atoms with E-state index in [2.05, 4.69) is 4.98 Å². The summed E-state index contributed by atoms with van der Waals surface area (Å²) in [4.78, 5) is 26.1. The molecule has 0 amide bonds. The molecule has 0 unspecified atom stereocenters. The van der Waals surface area contributed by atoms with Gasteiger partial charge in [-0.2, -0.15) is 0 Å². The summed E-state index contributed by atoms with van der Waals surface area (Å²) in [7, 11) is 0. The SMILES string of the molecule is N[C@@](CO)(C(=O)O)C(=O)c1ccncc1. The van der Waals surface area contributed by atoms with Gasteiger partial charge < -0.3 is 15.9 Å². The maximum absolute atomic E-state index is 11.6. The van der Waals surface area contributed by atoms with E-state index in [0.29, 0.717) is 0 Å². The Morgan fingerprint density at radius 2 is 1.93 bits per heavy atom. The lowest BCUT2D eigenvalue weighted by Crippen LogP contribution is -2.57. The minimum atomic E-state index is -2.29. The number of carbonyl (C=O) groups excluding carboxylic acids is 1. The van der Waals surface area contributed by atoms with Crippen LogP contribution in [0, 0.1) is 0 Å². The Morgan fingerprint density at radius 1 is 1.40 bits per heavy atom. The molecule has 6 nitrogen and oxygen atoms in total. The fourth-order valence-corrected chi connectivity index (χ4v) is 0.997. The first kappa shape index (κ1) is 11.3. The lowest BCUT2D eigenvalue weighted by Gasteiger charge is -2.19. The van der Waals surface area contributed by atoms with Crippen LogP contribution in [0.25, 0.3) is 0 Å². The summed E-state index contributed by atoms with van der Waals surface area (Å²) in [5.74, 6) is -2.41. The van der Waals surface area contributed by atoms with Gasteiger partial charge in [0.15, 0.2) is 5.78 Å². The van der Waals surface area contributed by atoms with Crippen LogP contribution >= 0.6 is 0 Å².